The van der Waals surface area contributed by atoms with Crippen LogP contribution in [0.25, 0.3) is 0 Å². The van der Waals surface area contributed by atoms with E-state index in [-0.39, 0.29) is 0 Å². The molecule has 9 heavy (non-hydrogen) atoms. The Hall–Kier alpha value is -1.41. The van der Waals surface area contributed by atoms with Gasteiger partial charge in [0.2, 0.25) is 0 Å². The molecule has 0 fully saturated rings. The third kappa shape index (κ3) is 6.59. The van der Waals surface area contributed by atoms with Crippen molar-refractivity contribution < 1.29 is 4.79 Å². The highest BCUT2D eigenvalue weighted by Crippen LogP contribution is 1.62. The quantitative estimate of drug-likeness (QED) is 0.249. The van der Waals surface area contributed by atoms with Gasteiger partial charge in [-0.2, -0.15) is 0 Å². The monoisotopic (exact) mass is 121 g/mol. The van der Waals surface area contributed by atoms with Gasteiger partial charge in [0, 0.05) is 26.1 Å². The standard InChI is InChI=1S/C7H7NO/c1-8(2)6-4-3-5-7-9/h7H,1-2H3. The Bertz CT molecular complexity index is 196. The van der Waals surface area contributed by atoms with Gasteiger partial charge in [0.15, 0.2) is 6.29 Å². The number of hydrogen-bond acceptors (Lipinski definition) is 2. The Balaban J connectivity index is 3.75. The Morgan fingerprint density at radius 1 is 1.33 bits per heavy atom. The lowest BCUT2D eigenvalue weighted by Gasteiger charge is -1.94. The molecular formula is C7H7NO. The van der Waals surface area contributed by atoms with Gasteiger partial charge in [-0.1, -0.05) is 0 Å². The van der Waals surface area contributed by atoms with Gasteiger partial charge >= 0.3 is 0 Å². The van der Waals surface area contributed by atoms with Gasteiger partial charge in [-0.15, -0.1) is 0 Å². The van der Waals surface area contributed by atoms with Gasteiger partial charge in [-0.05, 0) is 11.8 Å². The minimum absolute atomic E-state index is 0.518. The molecule has 0 rings (SSSR count). The molecule has 0 unspecified atom stereocenters. The van der Waals surface area contributed by atoms with Crippen molar-refractivity contribution in [1.82, 2.24) is 4.90 Å². The third-order valence-electron chi connectivity index (χ3n) is 0.473. The summed E-state index contributed by atoms with van der Waals surface area (Å²) in [7, 11) is 3.60. The second-order valence-corrected chi connectivity index (χ2v) is 1.52. The minimum Gasteiger partial charge on any atom is -0.338 e. The highest BCUT2D eigenvalue weighted by molar-refractivity contribution is 5.73. The number of hydrogen-bond donors (Lipinski definition) is 0. The first-order valence-electron chi connectivity index (χ1n) is 2.39. The average molecular weight is 121 g/mol. The van der Waals surface area contributed by atoms with E-state index in [2.05, 4.69) is 23.8 Å². The molecule has 0 radical (unpaired) electrons. The molecular weight excluding hydrogens is 114 g/mol. The predicted octanol–water partition coefficient (Wildman–Crippen LogP) is -0.289. The molecule has 0 aromatic rings. The molecule has 0 aromatic carbocycles. The molecule has 0 heterocycles. The summed E-state index contributed by atoms with van der Waals surface area (Å²) in [6.45, 7) is 0. The Labute approximate surface area is 54.8 Å². The third-order valence-corrected chi connectivity index (χ3v) is 0.473. The van der Waals surface area contributed by atoms with Crippen molar-refractivity contribution in [2.75, 3.05) is 14.1 Å². The molecule has 0 saturated carbocycles. The fourth-order valence-electron chi connectivity index (χ4n) is 0.205. The van der Waals surface area contributed by atoms with Crippen LogP contribution in [0.3, 0.4) is 0 Å². The highest BCUT2D eigenvalue weighted by atomic mass is 16.1. The number of carbonyl (C=O) groups is 1. The smallest absolute Gasteiger partial charge is 0.193 e. The van der Waals surface area contributed by atoms with Gasteiger partial charge in [-0.25, -0.2) is 0 Å². The summed E-state index contributed by atoms with van der Waals surface area (Å²) in [6, 6.07) is 2.63. The van der Waals surface area contributed by atoms with Crippen LogP contribution in [0, 0.1) is 23.8 Å². The summed E-state index contributed by atoms with van der Waals surface area (Å²) in [5.41, 5.74) is 0. The van der Waals surface area contributed by atoms with Crippen LogP contribution in [-0.4, -0.2) is 25.3 Å². The lowest BCUT2D eigenvalue weighted by atomic mass is 10.6. The van der Waals surface area contributed by atoms with Crippen molar-refractivity contribution >= 4 is 6.29 Å². The van der Waals surface area contributed by atoms with Crippen LogP contribution in [0.5, 0.6) is 0 Å². The molecule has 0 bridgehead atoms. The van der Waals surface area contributed by atoms with Crippen LogP contribution in [0.2, 0.25) is 0 Å². The first kappa shape index (κ1) is 7.59. The largest absolute Gasteiger partial charge is 0.338 e. The van der Waals surface area contributed by atoms with Crippen molar-refractivity contribution in [3.05, 3.63) is 0 Å². The van der Waals surface area contributed by atoms with Crippen molar-refractivity contribution in [2.45, 2.75) is 0 Å². The Kier molecular flexibility index (Phi) is 4.00. The van der Waals surface area contributed by atoms with Gasteiger partial charge in [0.25, 0.3) is 0 Å². The maximum atomic E-state index is 9.59. The summed E-state index contributed by atoms with van der Waals surface area (Å²) in [4.78, 5) is 11.3. The van der Waals surface area contributed by atoms with Gasteiger partial charge < -0.3 is 4.90 Å². The maximum absolute atomic E-state index is 9.59. The van der Waals surface area contributed by atoms with E-state index in [9.17, 15) is 4.79 Å². The predicted molar refractivity (Wildman–Crippen MR) is 35.3 cm³/mol. The average Bonchev–Trinajstić information content (AvgIpc) is 1.80. The molecule has 0 aromatic heterocycles. The van der Waals surface area contributed by atoms with Crippen LogP contribution < -0.4 is 0 Å². The van der Waals surface area contributed by atoms with E-state index in [4.69, 9.17) is 0 Å². The molecule has 0 saturated heterocycles. The molecule has 2 nitrogen and oxygen atoms in total. The SMILES string of the molecule is CN(C)C#CC#CC=O. The van der Waals surface area contributed by atoms with Crippen LogP contribution in [0.4, 0.5) is 0 Å². The summed E-state index contributed by atoms with van der Waals surface area (Å²) in [6.07, 6.45) is 0.518. The van der Waals surface area contributed by atoms with Crippen LogP contribution in [-0.2, 0) is 4.79 Å². The van der Waals surface area contributed by atoms with Crippen molar-refractivity contribution in [3.63, 3.8) is 0 Å². The zero-order valence-electron chi connectivity index (χ0n) is 5.43. The van der Waals surface area contributed by atoms with E-state index >= 15 is 0 Å². The first-order chi connectivity index (χ1) is 4.27. The van der Waals surface area contributed by atoms with E-state index < -0.39 is 0 Å². The zero-order valence-corrected chi connectivity index (χ0v) is 5.43. The molecule has 46 valence electrons. The fraction of sp³-hybridized carbons (Fsp3) is 0.286. The number of aldehydes is 1. The second kappa shape index (κ2) is 4.74. The molecule has 0 aliphatic carbocycles. The van der Waals surface area contributed by atoms with E-state index in [1.807, 2.05) is 0 Å². The second-order valence-electron chi connectivity index (χ2n) is 1.52. The normalized spacial score (nSPS) is 5.56. The van der Waals surface area contributed by atoms with Crippen molar-refractivity contribution in [1.29, 1.82) is 0 Å². The summed E-state index contributed by atoms with van der Waals surface area (Å²) in [5.74, 6) is 6.99. The number of rotatable bonds is 0. The Morgan fingerprint density at radius 2 is 2.00 bits per heavy atom. The zero-order chi connectivity index (χ0) is 7.11. The van der Waals surface area contributed by atoms with E-state index in [0.717, 1.165) is 0 Å². The molecule has 0 spiro atoms. The highest BCUT2D eigenvalue weighted by Gasteiger charge is 1.67. The summed E-state index contributed by atoms with van der Waals surface area (Å²) < 4.78 is 0. The van der Waals surface area contributed by atoms with Gasteiger partial charge in [-0.3, -0.25) is 4.79 Å². The van der Waals surface area contributed by atoms with E-state index in [1.165, 1.54) is 0 Å². The number of nitrogens with zero attached hydrogens (tertiary/aromatic N) is 1. The van der Waals surface area contributed by atoms with Crippen LogP contribution in [0.15, 0.2) is 0 Å². The lowest BCUT2D eigenvalue weighted by molar-refractivity contribution is -0.103. The summed E-state index contributed by atoms with van der Waals surface area (Å²) >= 11 is 0. The summed E-state index contributed by atoms with van der Waals surface area (Å²) in [5, 5.41) is 0. The van der Waals surface area contributed by atoms with E-state index in [1.54, 1.807) is 19.0 Å². The molecule has 0 aliphatic heterocycles. The molecule has 0 aliphatic rings. The maximum Gasteiger partial charge on any atom is 0.193 e. The van der Waals surface area contributed by atoms with Crippen molar-refractivity contribution in [3.8, 4) is 23.8 Å². The molecule has 0 amide bonds. The first-order valence-corrected chi connectivity index (χ1v) is 2.39. The molecule has 0 N–H and O–H groups in total. The van der Waals surface area contributed by atoms with Crippen molar-refractivity contribution in [2.24, 2.45) is 0 Å². The van der Waals surface area contributed by atoms with Crippen LogP contribution in [0.1, 0.15) is 0 Å². The molecule has 2 heteroatoms. The van der Waals surface area contributed by atoms with E-state index in [0.29, 0.717) is 6.29 Å². The van der Waals surface area contributed by atoms with Gasteiger partial charge in [0.1, 0.15) is 0 Å². The fourth-order valence-corrected chi connectivity index (χ4v) is 0.205. The number of carbonyl (C=O) groups excluding carboxylic acids is 1. The lowest BCUT2D eigenvalue weighted by Crippen LogP contribution is -2.00. The molecule has 0 atom stereocenters. The van der Waals surface area contributed by atoms with Gasteiger partial charge in [0.05, 0.1) is 0 Å². The van der Waals surface area contributed by atoms with Crippen LogP contribution >= 0.6 is 0 Å². The minimum atomic E-state index is 0.518. The Morgan fingerprint density at radius 3 is 2.44 bits per heavy atom. The topological polar surface area (TPSA) is 20.3 Å².